The monoisotopic (exact) mass is 436 g/mol. The molecule has 4 rings (SSSR count). The zero-order valence-electron chi connectivity index (χ0n) is 19.3. The SMILES string of the molecule is COc1ccc(Cn2nnnc2[C@@H](C(C)C)N2CCN(c3ccc(OC)cc3)CC2)cc1. The average Bonchev–Trinajstić information content (AvgIpc) is 3.27. The van der Waals surface area contributed by atoms with Crippen LogP contribution >= 0.6 is 0 Å². The third-order valence-electron chi connectivity index (χ3n) is 6.09. The van der Waals surface area contributed by atoms with Gasteiger partial charge in [0, 0.05) is 31.9 Å². The molecule has 0 saturated carbocycles. The lowest BCUT2D eigenvalue weighted by Gasteiger charge is -2.41. The number of anilines is 1. The van der Waals surface area contributed by atoms with E-state index in [1.807, 2.05) is 28.9 Å². The Kier molecular flexibility index (Phi) is 6.90. The van der Waals surface area contributed by atoms with Gasteiger partial charge < -0.3 is 14.4 Å². The van der Waals surface area contributed by atoms with Gasteiger partial charge in [-0.25, -0.2) is 4.68 Å². The Labute approximate surface area is 189 Å². The van der Waals surface area contributed by atoms with E-state index in [0.29, 0.717) is 12.5 Å². The number of methoxy groups -OCH3 is 2. The highest BCUT2D eigenvalue weighted by atomic mass is 16.5. The normalized spacial score (nSPS) is 15.7. The molecular weight excluding hydrogens is 404 g/mol. The second kappa shape index (κ2) is 9.99. The number of tetrazole rings is 1. The minimum absolute atomic E-state index is 0.168. The highest BCUT2D eigenvalue weighted by Gasteiger charge is 2.31. The number of piperazine rings is 1. The zero-order chi connectivity index (χ0) is 22.5. The van der Waals surface area contributed by atoms with Gasteiger partial charge in [-0.2, -0.15) is 0 Å². The molecule has 2 heterocycles. The Morgan fingerprint density at radius 2 is 1.44 bits per heavy atom. The van der Waals surface area contributed by atoms with Crippen molar-refractivity contribution >= 4 is 5.69 Å². The van der Waals surface area contributed by atoms with E-state index in [2.05, 4.69) is 63.4 Å². The molecule has 0 spiro atoms. The Morgan fingerprint density at radius 3 is 2.00 bits per heavy atom. The fourth-order valence-electron chi connectivity index (χ4n) is 4.37. The summed E-state index contributed by atoms with van der Waals surface area (Å²) in [7, 11) is 3.37. The van der Waals surface area contributed by atoms with E-state index < -0.39 is 0 Å². The van der Waals surface area contributed by atoms with E-state index in [1.165, 1.54) is 5.69 Å². The maximum absolute atomic E-state index is 5.28. The van der Waals surface area contributed by atoms with E-state index in [4.69, 9.17) is 9.47 Å². The van der Waals surface area contributed by atoms with Gasteiger partial charge in [-0.3, -0.25) is 4.90 Å². The Bertz CT molecular complexity index is 978. The van der Waals surface area contributed by atoms with Crippen molar-refractivity contribution in [1.29, 1.82) is 0 Å². The molecule has 32 heavy (non-hydrogen) atoms. The largest absolute Gasteiger partial charge is 0.497 e. The van der Waals surface area contributed by atoms with E-state index in [9.17, 15) is 0 Å². The van der Waals surface area contributed by atoms with Gasteiger partial charge in [0.05, 0.1) is 26.8 Å². The van der Waals surface area contributed by atoms with E-state index in [0.717, 1.165) is 49.1 Å². The van der Waals surface area contributed by atoms with Crippen molar-refractivity contribution in [1.82, 2.24) is 25.1 Å². The first-order chi connectivity index (χ1) is 15.6. The number of nitrogens with zero attached hydrogens (tertiary/aromatic N) is 6. The molecule has 1 atom stereocenters. The van der Waals surface area contributed by atoms with Crippen LogP contribution in [0.3, 0.4) is 0 Å². The number of ether oxygens (including phenoxy) is 2. The van der Waals surface area contributed by atoms with Crippen molar-refractivity contribution in [3.8, 4) is 11.5 Å². The molecular formula is C24H32N6O2. The van der Waals surface area contributed by atoms with Crippen molar-refractivity contribution in [3.63, 3.8) is 0 Å². The molecule has 2 aromatic carbocycles. The molecule has 0 radical (unpaired) electrons. The lowest BCUT2D eigenvalue weighted by Crippen LogP contribution is -2.49. The lowest BCUT2D eigenvalue weighted by atomic mass is 10.0. The molecule has 0 aliphatic carbocycles. The molecule has 3 aromatic rings. The van der Waals surface area contributed by atoms with Crippen LogP contribution in [0.5, 0.6) is 11.5 Å². The number of aromatic nitrogens is 4. The van der Waals surface area contributed by atoms with Gasteiger partial charge in [-0.05, 0) is 58.3 Å². The highest BCUT2D eigenvalue weighted by Crippen LogP contribution is 2.29. The van der Waals surface area contributed by atoms with Crippen LogP contribution in [-0.4, -0.2) is 65.5 Å². The Hall–Kier alpha value is -3.13. The van der Waals surface area contributed by atoms with Crippen molar-refractivity contribution in [2.75, 3.05) is 45.3 Å². The third-order valence-corrected chi connectivity index (χ3v) is 6.09. The molecule has 0 amide bonds. The summed E-state index contributed by atoms with van der Waals surface area (Å²) in [5, 5.41) is 12.8. The van der Waals surface area contributed by atoms with Crippen LogP contribution < -0.4 is 14.4 Å². The number of rotatable bonds is 8. The first-order valence-electron chi connectivity index (χ1n) is 11.1. The van der Waals surface area contributed by atoms with Crippen LogP contribution in [0.1, 0.15) is 31.3 Å². The smallest absolute Gasteiger partial charge is 0.169 e. The van der Waals surface area contributed by atoms with Crippen LogP contribution in [0, 0.1) is 5.92 Å². The molecule has 8 nitrogen and oxygen atoms in total. The van der Waals surface area contributed by atoms with Crippen LogP contribution in [-0.2, 0) is 6.54 Å². The highest BCUT2D eigenvalue weighted by molar-refractivity contribution is 5.49. The number of benzene rings is 2. The fraction of sp³-hybridized carbons (Fsp3) is 0.458. The molecule has 0 N–H and O–H groups in total. The summed E-state index contributed by atoms with van der Waals surface area (Å²) in [5.41, 5.74) is 2.38. The summed E-state index contributed by atoms with van der Waals surface area (Å²) in [6.45, 7) is 8.99. The Balaban J connectivity index is 1.46. The van der Waals surface area contributed by atoms with E-state index in [1.54, 1.807) is 14.2 Å². The summed E-state index contributed by atoms with van der Waals surface area (Å²) in [4.78, 5) is 4.94. The molecule has 170 valence electrons. The van der Waals surface area contributed by atoms with Crippen LogP contribution in [0.4, 0.5) is 5.69 Å². The molecule has 1 aliphatic rings. The van der Waals surface area contributed by atoms with Crippen LogP contribution in [0.15, 0.2) is 48.5 Å². The first kappa shape index (κ1) is 22.1. The van der Waals surface area contributed by atoms with Crippen molar-refractivity contribution in [3.05, 3.63) is 59.9 Å². The second-order valence-corrected chi connectivity index (χ2v) is 8.45. The zero-order valence-corrected chi connectivity index (χ0v) is 19.3. The fourth-order valence-corrected chi connectivity index (χ4v) is 4.37. The third kappa shape index (κ3) is 4.85. The maximum atomic E-state index is 5.28. The van der Waals surface area contributed by atoms with Crippen LogP contribution in [0.2, 0.25) is 0 Å². The van der Waals surface area contributed by atoms with Gasteiger partial charge in [0.1, 0.15) is 11.5 Å². The van der Waals surface area contributed by atoms with Gasteiger partial charge in [0.25, 0.3) is 0 Å². The van der Waals surface area contributed by atoms with Crippen LogP contribution in [0.25, 0.3) is 0 Å². The second-order valence-electron chi connectivity index (χ2n) is 8.45. The Morgan fingerprint density at radius 1 is 0.844 bits per heavy atom. The van der Waals surface area contributed by atoms with E-state index in [-0.39, 0.29) is 6.04 Å². The molecule has 1 aliphatic heterocycles. The molecule has 1 saturated heterocycles. The first-order valence-corrected chi connectivity index (χ1v) is 11.1. The molecule has 0 unspecified atom stereocenters. The minimum Gasteiger partial charge on any atom is -0.497 e. The molecule has 1 aromatic heterocycles. The van der Waals surface area contributed by atoms with Crippen molar-refractivity contribution in [2.45, 2.75) is 26.4 Å². The summed E-state index contributed by atoms with van der Waals surface area (Å²) in [6, 6.07) is 16.5. The minimum atomic E-state index is 0.168. The lowest BCUT2D eigenvalue weighted by molar-refractivity contribution is 0.135. The summed E-state index contributed by atoms with van der Waals surface area (Å²) < 4.78 is 12.5. The van der Waals surface area contributed by atoms with Gasteiger partial charge >= 0.3 is 0 Å². The van der Waals surface area contributed by atoms with Gasteiger partial charge in [-0.1, -0.05) is 26.0 Å². The van der Waals surface area contributed by atoms with Gasteiger partial charge in [-0.15, -0.1) is 5.10 Å². The maximum Gasteiger partial charge on any atom is 0.169 e. The topological polar surface area (TPSA) is 68.5 Å². The molecule has 8 heteroatoms. The van der Waals surface area contributed by atoms with Gasteiger partial charge in [0.15, 0.2) is 5.82 Å². The standard InChI is InChI=1S/C24H32N6O2/c1-18(2)23(24-25-26-27-30(24)17-19-5-9-21(31-3)10-6-19)29-15-13-28(14-16-29)20-7-11-22(32-4)12-8-20/h5-12,18,23H,13-17H2,1-4H3/t23-/m1/s1. The summed E-state index contributed by atoms with van der Waals surface area (Å²) >= 11 is 0. The molecule has 0 bridgehead atoms. The van der Waals surface area contributed by atoms with Gasteiger partial charge in [0.2, 0.25) is 0 Å². The predicted molar refractivity (Wildman–Crippen MR) is 124 cm³/mol. The van der Waals surface area contributed by atoms with Crippen molar-refractivity contribution < 1.29 is 9.47 Å². The van der Waals surface area contributed by atoms with E-state index >= 15 is 0 Å². The summed E-state index contributed by atoms with van der Waals surface area (Å²) in [6.07, 6.45) is 0. The van der Waals surface area contributed by atoms with Crippen molar-refractivity contribution in [2.24, 2.45) is 5.92 Å². The number of hydrogen-bond donors (Lipinski definition) is 0. The predicted octanol–water partition coefficient (Wildman–Crippen LogP) is 3.26. The quantitative estimate of drug-likeness (QED) is 0.537. The number of hydrogen-bond acceptors (Lipinski definition) is 7. The summed E-state index contributed by atoms with van der Waals surface area (Å²) in [5.74, 6) is 3.05. The molecule has 1 fully saturated rings. The average molecular weight is 437 g/mol.